The van der Waals surface area contributed by atoms with E-state index in [-0.39, 0.29) is 163 Å². The maximum Gasteiger partial charge on any atom is 0.411 e. The summed E-state index contributed by atoms with van der Waals surface area (Å²) < 4.78 is 100. The molecular formula is C87H91Cl3F7N11O16. The molecule has 27 nitrogen and oxygen atoms in total. The molecule has 7 atom stereocenters. The van der Waals surface area contributed by atoms with Gasteiger partial charge in [-0.1, -0.05) is 78.6 Å². The number of nitrogens with zero attached hydrogens (tertiary/aromatic N) is 7. The minimum Gasteiger partial charge on any atom is -0.478 e. The molecule has 124 heavy (non-hydrogen) atoms. The van der Waals surface area contributed by atoms with E-state index in [1.54, 1.807) is 41.0 Å². The predicted octanol–water partition coefficient (Wildman–Crippen LogP) is 14.2. The Hall–Kier alpha value is -11.8. The Morgan fingerprint density at radius 2 is 0.903 bits per heavy atom. The first kappa shape index (κ1) is 96.0. The number of isocyanates is 1. The number of carbonyl (C=O) groups is 11. The third-order valence-corrected chi connectivity index (χ3v) is 21.8. The number of fused-ring (bicyclic) bond motifs is 3. The number of hydrogen-bond acceptors (Lipinski definition) is 16. The molecule has 4 aliphatic heterocycles. The number of likely N-dealkylation sites (tertiary alicyclic amines) is 3. The van der Waals surface area contributed by atoms with Crippen molar-refractivity contribution in [2.24, 2.45) is 4.99 Å². The molecule has 0 spiro atoms. The Morgan fingerprint density at radius 1 is 0.532 bits per heavy atom. The van der Waals surface area contributed by atoms with E-state index in [0.29, 0.717) is 61.3 Å². The van der Waals surface area contributed by atoms with Crippen LogP contribution in [0.25, 0.3) is 32.7 Å². The number of carboxylic acids is 1. The molecule has 660 valence electrons. The molecule has 1 unspecified atom stereocenters. The van der Waals surface area contributed by atoms with Crippen LogP contribution in [0.3, 0.4) is 0 Å². The van der Waals surface area contributed by atoms with Crippen LogP contribution in [0.1, 0.15) is 151 Å². The van der Waals surface area contributed by atoms with Crippen molar-refractivity contribution >= 4 is 150 Å². The first-order valence-corrected chi connectivity index (χ1v) is 40.2. The monoisotopic (exact) mass is 1780 g/mol. The number of ketones is 3. The summed E-state index contributed by atoms with van der Waals surface area (Å²) in [6.45, 7) is 5.05. The zero-order valence-corrected chi connectivity index (χ0v) is 69.1. The molecule has 0 radical (unpaired) electrons. The number of alkyl halides is 3. The molecule has 2 saturated carbocycles. The number of ether oxygens (including phenoxy) is 2. The van der Waals surface area contributed by atoms with E-state index in [1.807, 2.05) is 0 Å². The fourth-order valence-corrected chi connectivity index (χ4v) is 14.9. The molecule has 7 heterocycles. The summed E-state index contributed by atoms with van der Waals surface area (Å²) in [6.07, 6.45) is 7.37. The van der Waals surface area contributed by atoms with Gasteiger partial charge in [0.1, 0.15) is 79.8 Å². The largest absolute Gasteiger partial charge is 0.478 e. The molecule has 0 bridgehead atoms. The highest BCUT2D eigenvalue weighted by Crippen LogP contribution is 2.34. The van der Waals surface area contributed by atoms with Crippen molar-refractivity contribution in [2.45, 2.75) is 187 Å². The maximum atomic E-state index is 14.4. The molecule has 2 aliphatic carbocycles. The zero-order chi connectivity index (χ0) is 88.1. The number of carbonyl (C=O) groups excluding carboxylic acids is 11. The van der Waals surface area contributed by atoms with Gasteiger partial charge in [0.05, 0.1) is 58.2 Å². The molecule has 6 aliphatic rings. The van der Waals surface area contributed by atoms with Gasteiger partial charge in [0.15, 0.2) is 17.3 Å². The number of aromatic nitrogens is 3. The van der Waals surface area contributed by atoms with Crippen molar-refractivity contribution in [1.82, 2.24) is 44.4 Å². The lowest BCUT2D eigenvalue weighted by molar-refractivity contribution is -0.139. The van der Waals surface area contributed by atoms with Gasteiger partial charge in [-0.3, -0.25) is 53.2 Å². The number of aliphatic imine (C=N–C) groups is 1. The number of hydrogen-bond donors (Lipinski definition) is 6. The molecule has 9 aromatic rings. The fourth-order valence-electron chi connectivity index (χ4n) is 14.3. The predicted molar refractivity (Wildman–Crippen MR) is 448 cm³/mol. The van der Waals surface area contributed by atoms with Gasteiger partial charge < -0.3 is 64.0 Å². The van der Waals surface area contributed by atoms with E-state index >= 15 is 0 Å². The van der Waals surface area contributed by atoms with Gasteiger partial charge in [-0.15, -0.1) is 0 Å². The van der Waals surface area contributed by atoms with Gasteiger partial charge in [0, 0.05) is 136 Å². The summed E-state index contributed by atoms with van der Waals surface area (Å²) in [5.74, 6) is -7.41. The van der Waals surface area contributed by atoms with E-state index in [0.717, 1.165) is 47.0 Å². The van der Waals surface area contributed by atoms with Crippen LogP contribution in [0, 0.1) is 17.5 Å². The number of aliphatic hydroxyl groups excluding tert-OH is 1. The number of halogens is 10. The van der Waals surface area contributed by atoms with E-state index in [4.69, 9.17) is 49.4 Å². The highest BCUT2D eigenvalue weighted by Gasteiger charge is 2.43. The first-order valence-electron chi connectivity index (χ1n) is 39.1. The molecule has 4 saturated heterocycles. The minimum atomic E-state index is -1.42. The summed E-state index contributed by atoms with van der Waals surface area (Å²) in [6, 6.07) is 23.7. The molecule has 37 heteroatoms. The van der Waals surface area contributed by atoms with E-state index < -0.39 is 102 Å². The molecule has 3 aromatic heterocycles. The normalized spacial score (nSPS) is 18.5. The van der Waals surface area contributed by atoms with E-state index in [2.05, 4.69) is 33.2 Å². The third kappa shape index (κ3) is 24.4. The number of aliphatic hydroxyl groups is 1. The number of rotatable bonds is 22. The minimum absolute atomic E-state index is 0. The molecule has 6 aromatic carbocycles. The maximum absolute atomic E-state index is 14.4. The Morgan fingerprint density at radius 3 is 1.23 bits per heavy atom. The van der Waals surface area contributed by atoms with Crippen LogP contribution in [0.4, 0.5) is 47.2 Å². The van der Waals surface area contributed by atoms with Gasteiger partial charge in [-0.2, -0.15) is 4.99 Å². The van der Waals surface area contributed by atoms with Crippen LogP contribution in [0.2, 0.25) is 15.1 Å². The van der Waals surface area contributed by atoms with Crippen LogP contribution in [0.15, 0.2) is 133 Å². The summed E-state index contributed by atoms with van der Waals surface area (Å²) in [5, 5.41) is 28.9. The van der Waals surface area contributed by atoms with E-state index in [9.17, 15) is 89.0 Å². The standard InChI is InChI=1S/C28H27ClF2N4O5.C25H21ClF2N4O4.C25H22ClF2N3O5.C5H10O.C3H6O.CH4.FH/c1-15(36)21-13-34(23-8-5-18(10-20(21)23)33-28(39)40-19-6-7-19)14-25(37)35-12-17(30)9-24(35)27(38)32-11-16-3-2-4-22(29)26(16)31;1-14(34)19-11-31(21-6-5-17(30-13-33)8-18(19)21)12-23(35)32-10-16(27)7-22(32)25(36)29-9-15-3-2-4-20(26)24(15)28;1-13(32)18-11-30(20-6-5-14(25(35)36)7-17(18)20)12-22(33)31-10-16(27)8-21(31)24(34)29-9-15-3-2-4-19(26)23(15)28;1-5-3-2-4-6-5;4-3-1-2-3;;/h2-5,8,10,13,17,19,24H,6-7,9,11-12,14H2,1H3,(H,32,38)(H,33,39);2-6,8,11,16,22H,7,9-10,12H2,1H3,(H,29,36);2-7,11,16,21H,8-10,12H2,1H3,(H,29,34)(H,35,36);5H,2-4H2,1H3;3-4H,1-2H2;1H4;1H/t17-,24+;16-,22+;16-,21+;;;;/m111..../s1. The molecular weight excluding hydrogens is 1690 g/mol. The van der Waals surface area contributed by atoms with Crippen LogP contribution in [-0.2, 0) is 82.3 Å². The average molecular weight is 1790 g/mol. The van der Waals surface area contributed by atoms with Crippen LogP contribution >= 0.6 is 34.8 Å². The lowest BCUT2D eigenvalue weighted by Crippen LogP contribution is -2.46. The van der Waals surface area contributed by atoms with Gasteiger partial charge >= 0.3 is 12.1 Å². The Kier molecular flexibility index (Phi) is 33.3. The Balaban J connectivity index is 0.000000197. The molecule has 15 rings (SSSR count). The highest BCUT2D eigenvalue weighted by atomic mass is 35.5. The average Bonchev–Trinajstić information content (AvgIpc) is 1.64. The van der Waals surface area contributed by atoms with E-state index in [1.165, 1.54) is 140 Å². The Labute approximate surface area is 721 Å². The van der Waals surface area contributed by atoms with Crippen molar-refractivity contribution in [2.75, 3.05) is 31.6 Å². The van der Waals surface area contributed by atoms with Crippen molar-refractivity contribution in [1.29, 1.82) is 0 Å². The number of anilines is 1. The summed E-state index contributed by atoms with van der Waals surface area (Å²) in [7, 11) is 0. The highest BCUT2D eigenvalue weighted by molar-refractivity contribution is 6.31. The number of carboxylic acid groups (broad SMARTS) is 1. The van der Waals surface area contributed by atoms with Gasteiger partial charge in [0.25, 0.3) is 0 Å². The lowest BCUT2D eigenvalue weighted by Gasteiger charge is -2.24. The Bertz CT molecular complexity index is 5380. The fraction of sp³-hybridized carbons (Fsp3) is 0.379. The number of Topliss-reactive ketones (excluding diaryl/α,β-unsaturated/α-hetero) is 3. The number of amides is 7. The van der Waals surface area contributed by atoms with Crippen LogP contribution in [-0.4, -0.2) is 191 Å². The third-order valence-electron chi connectivity index (χ3n) is 20.9. The quantitative estimate of drug-likeness (QED) is 0.0159. The number of aromatic carboxylic acids is 1. The summed E-state index contributed by atoms with van der Waals surface area (Å²) in [5.41, 5.74) is 3.63. The first-order chi connectivity index (χ1) is 58.1. The van der Waals surface area contributed by atoms with Gasteiger partial charge in [-0.25, -0.2) is 40.7 Å². The van der Waals surface area contributed by atoms with Crippen molar-refractivity contribution in [3.63, 3.8) is 0 Å². The molecule has 7 amide bonds. The van der Waals surface area contributed by atoms with Crippen molar-refractivity contribution < 1.29 is 108 Å². The second-order valence-corrected chi connectivity index (χ2v) is 31.3. The zero-order valence-electron chi connectivity index (χ0n) is 66.8. The SMILES string of the molecule is C.CC(=O)c1cn(CC(=O)N2C[C@H](F)C[C@H]2C(=O)NCc2cccc(Cl)c2F)c2ccc(C(=O)O)cc12.CC(=O)c1cn(CC(=O)N2C[C@H](F)C[C@H]2C(=O)NCc2cccc(Cl)c2F)c2ccc(N=C=O)cc12.CC(=O)c1cn(CC(=O)N2C[C@H](F)C[C@H]2C(=O)NCc2cccc(Cl)c2F)c2ccc(NC(=O)OC3CC3)cc12.CC1CCCO1.F.OC1CC1. The van der Waals surface area contributed by atoms with Crippen molar-refractivity contribution in [3.05, 3.63) is 199 Å². The van der Waals surface area contributed by atoms with Crippen molar-refractivity contribution in [3.8, 4) is 0 Å². The topological polar surface area (TPSA) is 349 Å². The summed E-state index contributed by atoms with van der Waals surface area (Å²) in [4.78, 5) is 156. The smallest absolute Gasteiger partial charge is 0.411 e. The molecule has 6 N–H and O–H groups in total. The number of nitrogens with one attached hydrogen (secondary N) is 4. The van der Waals surface area contributed by atoms with Gasteiger partial charge in [-0.05, 0) is 139 Å². The number of benzene rings is 6. The van der Waals surface area contributed by atoms with Crippen LogP contribution in [0.5, 0.6) is 0 Å². The van der Waals surface area contributed by atoms with Gasteiger partial charge in [0.2, 0.25) is 41.5 Å². The van der Waals surface area contributed by atoms with Crippen LogP contribution < -0.4 is 21.3 Å². The second-order valence-electron chi connectivity index (χ2n) is 30.1. The second kappa shape index (κ2) is 43.0. The lowest BCUT2D eigenvalue weighted by atomic mass is 10.1. The molecule has 6 fully saturated rings. The summed E-state index contributed by atoms with van der Waals surface area (Å²) >= 11 is 17.3.